The lowest BCUT2D eigenvalue weighted by Crippen LogP contribution is -2.34. The van der Waals surface area contributed by atoms with Crippen LogP contribution in [-0.2, 0) is 11.2 Å². The van der Waals surface area contributed by atoms with Crippen molar-refractivity contribution in [2.45, 2.75) is 45.6 Å². The maximum absolute atomic E-state index is 12.9. The number of amides is 2. The Bertz CT molecular complexity index is 1780. The van der Waals surface area contributed by atoms with Crippen LogP contribution in [0.25, 0.3) is 22.4 Å². The second-order valence-corrected chi connectivity index (χ2v) is 13.0. The zero-order valence-electron chi connectivity index (χ0n) is 27.4. The van der Waals surface area contributed by atoms with Gasteiger partial charge in [-0.05, 0) is 88.8 Å². The second kappa shape index (κ2) is 13.7. The number of nitrogens with one attached hydrogen (secondary N) is 2. The van der Waals surface area contributed by atoms with E-state index < -0.39 is 11.7 Å². The zero-order chi connectivity index (χ0) is 33.0. The van der Waals surface area contributed by atoms with Gasteiger partial charge in [0.15, 0.2) is 5.78 Å². The number of benzene rings is 3. The van der Waals surface area contributed by atoms with E-state index in [-0.39, 0.29) is 11.7 Å². The van der Waals surface area contributed by atoms with E-state index in [9.17, 15) is 14.4 Å². The van der Waals surface area contributed by atoms with Crippen LogP contribution in [0, 0.1) is 0 Å². The van der Waals surface area contributed by atoms with E-state index in [2.05, 4.69) is 10.3 Å². The molecular weight excluding hydrogens is 580 g/mol. The lowest BCUT2D eigenvalue weighted by Gasteiger charge is -2.24. The van der Waals surface area contributed by atoms with Crippen molar-refractivity contribution >= 4 is 40.2 Å². The quantitative estimate of drug-likeness (QED) is 0.197. The average Bonchev–Trinajstić information content (AvgIpc) is 3.63. The Balaban J connectivity index is 1.19. The van der Waals surface area contributed by atoms with Crippen LogP contribution in [0.2, 0.25) is 0 Å². The number of hydrogen-bond acceptors (Lipinski definition) is 7. The predicted octanol–water partition coefficient (Wildman–Crippen LogP) is 6.03. The maximum Gasteiger partial charge on any atom is 0.410 e. The fourth-order valence-corrected chi connectivity index (χ4v) is 5.20. The number of aliphatic imine (C=N–C) groups is 1. The highest BCUT2D eigenvalue weighted by Gasteiger charge is 2.21. The molecule has 1 aromatic heterocycles. The first-order valence-corrected chi connectivity index (χ1v) is 15.6. The molecular formula is C36H42N6O4. The lowest BCUT2D eigenvalue weighted by atomic mass is 10.0. The van der Waals surface area contributed by atoms with E-state index in [1.54, 1.807) is 13.1 Å². The number of aromatic nitrogens is 2. The molecule has 240 valence electrons. The molecule has 2 heterocycles. The smallest absolute Gasteiger partial charge is 0.410 e. The summed E-state index contributed by atoms with van der Waals surface area (Å²) < 4.78 is 5.37. The van der Waals surface area contributed by atoms with Gasteiger partial charge in [-0.15, -0.1) is 0 Å². The van der Waals surface area contributed by atoms with Gasteiger partial charge in [0, 0.05) is 56.2 Å². The number of carbonyl (C=O) groups excluding carboxylic acids is 3. The summed E-state index contributed by atoms with van der Waals surface area (Å²) in [6.45, 7) is 7.29. The molecule has 0 atom stereocenters. The highest BCUT2D eigenvalue weighted by Crippen LogP contribution is 2.31. The highest BCUT2D eigenvalue weighted by atomic mass is 16.6. The highest BCUT2D eigenvalue weighted by molar-refractivity contribution is 6.07. The van der Waals surface area contributed by atoms with Crippen molar-refractivity contribution in [2.24, 2.45) is 4.99 Å². The summed E-state index contributed by atoms with van der Waals surface area (Å²) in [5, 5.41) is 2.97. The van der Waals surface area contributed by atoms with Gasteiger partial charge in [0.25, 0.3) is 5.91 Å². The van der Waals surface area contributed by atoms with Gasteiger partial charge in [0.1, 0.15) is 11.4 Å². The van der Waals surface area contributed by atoms with E-state index >= 15 is 0 Å². The van der Waals surface area contributed by atoms with E-state index in [1.807, 2.05) is 94.4 Å². The molecule has 1 aliphatic rings. The maximum atomic E-state index is 12.9. The third kappa shape index (κ3) is 8.06. The van der Waals surface area contributed by atoms with E-state index in [0.29, 0.717) is 49.3 Å². The van der Waals surface area contributed by atoms with Crippen LogP contribution in [0.1, 0.15) is 65.5 Å². The van der Waals surface area contributed by atoms with Crippen molar-refractivity contribution in [1.82, 2.24) is 25.1 Å². The van der Waals surface area contributed by atoms with Crippen LogP contribution in [0.5, 0.6) is 0 Å². The van der Waals surface area contributed by atoms with Crippen LogP contribution in [0.3, 0.4) is 0 Å². The first-order chi connectivity index (χ1) is 21.9. The molecule has 5 rings (SSSR count). The minimum atomic E-state index is -0.559. The van der Waals surface area contributed by atoms with Crippen LogP contribution in [-0.4, -0.2) is 89.6 Å². The molecule has 2 amide bonds. The number of hydrogen-bond donors (Lipinski definition) is 2. The van der Waals surface area contributed by atoms with Gasteiger partial charge >= 0.3 is 6.09 Å². The lowest BCUT2D eigenvalue weighted by molar-refractivity contribution is 0.0295. The topological polar surface area (TPSA) is 120 Å². The van der Waals surface area contributed by atoms with Gasteiger partial charge in [0.05, 0.1) is 22.4 Å². The largest absolute Gasteiger partial charge is 0.444 e. The summed E-state index contributed by atoms with van der Waals surface area (Å²) in [7, 11) is 5.63. The number of aromatic amines is 1. The first kappa shape index (κ1) is 32.6. The molecule has 3 aromatic carbocycles. The van der Waals surface area contributed by atoms with Gasteiger partial charge in [-0.2, -0.15) is 0 Å². The fraction of sp³-hybridized carbons (Fsp3) is 0.361. The third-order valence-electron chi connectivity index (χ3n) is 7.70. The van der Waals surface area contributed by atoms with E-state index in [0.717, 1.165) is 45.7 Å². The van der Waals surface area contributed by atoms with Gasteiger partial charge < -0.3 is 24.8 Å². The Kier molecular flexibility index (Phi) is 9.67. The molecule has 1 aliphatic heterocycles. The molecule has 0 unspecified atom stereocenters. The van der Waals surface area contributed by atoms with Gasteiger partial charge in [0.2, 0.25) is 0 Å². The monoisotopic (exact) mass is 622 g/mol. The summed E-state index contributed by atoms with van der Waals surface area (Å²) in [6, 6.07) is 19.2. The Morgan fingerprint density at radius 1 is 0.913 bits per heavy atom. The van der Waals surface area contributed by atoms with Crippen molar-refractivity contribution in [3.05, 3.63) is 82.9 Å². The van der Waals surface area contributed by atoms with Crippen molar-refractivity contribution in [3.8, 4) is 11.4 Å². The van der Waals surface area contributed by atoms with Crippen LogP contribution < -0.4 is 5.32 Å². The normalized spacial score (nSPS) is 12.6. The molecule has 0 spiro atoms. The summed E-state index contributed by atoms with van der Waals surface area (Å²) in [5.74, 6) is 0.648. The SMILES string of the molecule is CN(C)CCNC(=O)c1ccc2c(c1)CC(c1ccc(-c3nc4ccc(C(=O)CCCN(C)C(=O)OC(C)(C)C)cc4[nH]3)cc1)=N2. The Morgan fingerprint density at radius 2 is 1.63 bits per heavy atom. The molecule has 0 bridgehead atoms. The van der Waals surface area contributed by atoms with Gasteiger partial charge in [-0.3, -0.25) is 14.6 Å². The van der Waals surface area contributed by atoms with E-state index in [1.165, 1.54) is 4.90 Å². The first-order valence-electron chi connectivity index (χ1n) is 15.6. The Labute approximate surface area is 269 Å². The fourth-order valence-electron chi connectivity index (χ4n) is 5.20. The molecule has 2 N–H and O–H groups in total. The van der Waals surface area contributed by atoms with Crippen molar-refractivity contribution in [1.29, 1.82) is 0 Å². The summed E-state index contributed by atoms with van der Waals surface area (Å²) in [4.78, 5) is 54.1. The molecule has 46 heavy (non-hydrogen) atoms. The predicted molar refractivity (Wildman–Crippen MR) is 181 cm³/mol. The molecule has 10 heteroatoms. The second-order valence-electron chi connectivity index (χ2n) is 13.0. The average molecular weight is 623 g/mol. The number of rotatable bonds is 11. The molecule has 0 radical (unpaired) electrons. The third-order valence-corrected chi connectivity index (χ3v) is 7.70. The Hall–Kier alpha value is -4.83. The van der Waals surface area contributed by atoms with E-state index in [4.69, 9.17) is 14.7 Å². The van der Waals surface area contributed by atoms with Crippen LogP contribution in [0.15, 0.2) is 65.7 Å². The number of Topliss-reactive ketones (excluding diaryl/α,β-unsaturated/α-hetero) is 1. The number of ether oxygens (including phenoxy) is 1. The molecule has 0 aliphatic carbocycles. The number of nitrogens with zero attached hydrogens (tertiary/aromatic N) is 4. The molecule has 0 saturated heterocycles. The summed E-state index contributed by atoms with van der Waals surface area (Å²) in [6.07, 6.45) is 1.12. The number of fused-ring (bicyclic) bond motifs is 2. The van der Waals surface area contributed by atoms with Gasteiger partial charge in [-0.25, -0.2) is 9.78 Å². The molecule has 10 nitrogen and oxygen atoms in total. The standard InChI is InChI=1S/C36H42N6O4/c1-36(2,3)46-35(45)42(6)18-7-8-32(43)25-13-16-29-31(21-25)40-33(39-29)24-11-9-23(10-12-24)30-22-27-20-26(14-15-28(27)38-30)34(44)37-17-19-41(4)5/h9-16,20-21H,7-8,17-19,22H2,1-6H3,(H,37,44)(H,39,40). The number of ketones is 1. The minimum absolute atomic E-state index is 0.00963. The summed E-state index contributed by atoms with van der Waals surface area (Å²) >= 11 is 0. The number of imidazole rings is 1. The summed E-state index contributed by atoms with van der Waals surface area (Å²) in [5.41, 5.74) is 7.07. The number of carbonyl (C=O) groups is 3. The van der Waals surface area contributed by atoms with Crippen LogP contribution >= 0.6 is 0 Å². The van der Waals surface area contributed by atoms with Crippen LogP contribution in [0.4, 0.5) is 10.5 Å². The number of likely N-dealkylation sites (N-methyl/N-ethyl adjacent to an activating group) is 1. The molecule has 0 saturated carbocycles. The molecule has 0 fully saturated rings. The number of H-pyrrole nitrogens is 1. The van der Waals surface area contributed by atoms with Crippen molar-refractivity contribution in [2.75, 3.05) is 40.8 Å². The Morgan fingerprint density at radius 3 is 2.35 bits per heavy atom. The molecule has 4 aromatic rings. The van der Waals surface area contributed by atoms with Gasteiger partial charge in [-0.1, -0.05) is 24.3 Å². The zero-order valence-corrected chi connectivity index (χ0v) is 27.4. The van der Waals surface area contributed by atoms with Crippen molar-refractivity contribution < 1.29 is 19.1 Å². The van der Waals surface area contributed by atoms with Crippen molar-refractivity contribution in [3.63, 3.8) is 0 Å². The minimum Gasteiger partial charge on any atom is -0.444 e.